The fourth-order valence-corrected chi connectivity index (χ4v) is 2.10. The van der Waals surface area contributed by atoms with Gasteiger partial charge in [-0.3, -0.25) is 0 Å². The summed E-state index contributed by atoms with van der Waals surface area (Å²) in [5.74, 6) is -0.238. The molecule has 0 aliphatic heterocycles. The van der Waals surface area contributed by atoms with Crippen LogP contribution in [-0.4, -0.2) is 0 Å². The van der Waals surface area contributed by atoms with Gasteiger partial charge in [-0.05, 0) is 41.5 Å². The standard InChI is InChI=1S/C15H12BrFN2/c16-15-6-5-14(17)7-13(15)10-19-9-12-3-1-11(8-18)2-4-12/h1-7,19H,9-10H2. The summed E-state index contributed by atoms with van der Waals surface area (Å²) in [6.07, 6.45) is 0. The first kappa shape index (κ1) is 13.7. The normalized spacial score (nSPS) is 10.2. The van der Waals surface area contributed by atoms with E-state index in [2.05, 4.69) is 27.3 Å². The molecule has 2 aromatic carbocycles. The fraction of sp³-hybridized carbons (Fsp3) is 0.133. The molecule has 0 aliphatic carbocycles. The molecule has 0 aliphatic rings. The highest BCUT2D eigenvalue weighted by Gasteiger charge is 2.01. The Morgan fingerprint density at radius 1 is 1.11 bits per heavy atom. The van der Waals surface area contributed by atoms with Crippen LogP contribution in [0.4, 0.5) is 4.39 Å². The summed E-state index contributed by atoms with van der Waals surface area (Å²) in [6.45, 7) is 1.26. The van der Waals surface area contributed by atoms with Crippen LogP contribution >= 0.6 is 15.9 Å². The van der Waals surface area contributed by atoms with Gasteiger partial charge in [-0.2, -0.15) is 5.26 Å². The molecule has 0 atom stereocenters. The summed E-state index contributed by atoms with van der Waals surface area (Å²) in [4.78, 5) is 0. The molecule has 2 rings (SSSR count). The number of nitriles is 1. The van der Waals surface area contributed by atoms with E-state index >= 15 is 0 Å². The Kier molecular flexibility index (Phi) is 4.67. The summed E-state index contributed by atoms with van der Waals surface area (Å²) in [7, 11) is 0. The highest BCUT2D eigenvalue weighted by Crippen LogP contribution is 2.17. The molecule has 0 saturated heterocycles. The van der Waals surface area contributed by atoms with E-state index in [0.29, 0.717) is 18.7 Å². The maximum Gasteiger partial charge on any atom is 0.123 e. The van der Waals surface area contributed by atoms with Gasteiger partial charge in [0.05, 0.1) is 11.6 Å². The van der Waals surface area contributed by atoms with Crippen molar-refractivity contribution in [3.05, 3.63) is 69.4 Å². The van der Waals surface area contributed by atoms with E-state index in [-0.39, 0.29) is 5.82 Å². The minimum atomic E-state index is -0.238. The Morgan fingerprint density at radius 2 is 1.84 bits per heavy atom. The minimum Gasteiger partial charge on any atom is -0.309 e. The highest BCUT2D eigenvalue weighted by molar-refractivity contribution is 9.10. The Labute approximate surface area is 120 Å². The van der Waals surface area contributed by atoms with Crippen molar-refractivity contribution in [3.63, 3.8) is 0 Å². The van der Waals surface area contributed by atoms with E-state index in [4.69, 9.17) is 5.26 Å². The van der Waals surface area contributed by atoms with E-state index in [9.17, 15) is 4.39 Å². The third-order valence-electron chi connectivity index (χ3n) is 2.74. The lowest BCUT2D eigenvalue weighted by atomic mass is 10.1. The van der Waals surface area contributed by atoms with Crippen molar-refractivity contribution in [1.82, 2.24) is 5.32 Å². The van der Waals surface area contributed by atoms with Crippen LogP contribution in [-0.2, 0) is 13.1 Å². The number of nitrogens with one attached hydrogen (secondary N) is 1. The zero-order valence-corrected chi connectivity index (χ0v) is 11.7. The van der Waals surface area contributed by atoms with Crippen LogP contribution in [0.25, 0.3) is 0 Å². The highest BCUT2D eigenvalue weighted by atomic mass is 79.9. The smallest absolute Gasteiger partial charge is 0.123 e. The Bertz CT molecular complexity index is 603. The predicted molar refractivity (Wildman–Crippen MR) is 75.8 cm³/mol. The van der Waals surface area contributed by atoms with Crippen molar-refractivity contribution >= 4 is 15.9 Å². The summed E-state index contributed by atoms with van der Waals surface area (Å²) in [5.41, 5.74) is 2.62. The zero-order chi connectivity index (χ0) is 13.7. The van der Waals surface area contributed by atoms with Gasteiger partial charge in [0.1, 0.15) is 5.82 Å². The first-order valence-electron chi connectivity index (χ1n) is 5.83. The molecular weight excluding hydrogens is 307 g/mol. The summed E-state index contributed by atoms with van der Waals surface area (Å²) >= 11 is 3.39. The monoisotopic (exact) mass is 318 g/mol. The van der Waals surface area contributed by atoms with Gasteiger partial charge < -0.3 is 5.32 Å². The van der Waals surface area contributed by atoms with E-state index < -0.39 is 0 Å². The Hall–Kier alpha value is -1.70. The molecular formula is C15H12BrFN2. The topological polar surface area (TPSA) is 35.8 Å². The molecule has 0 spiro atoms. The van der Waals surface area contributed by atoms with Crippen molar-refractivity contribution in [3.8, 4) is 6.07 Å². The van der Waals surface area contributed by atoms with Crippen LogP contribution in [0.1, 0.15) is 16.7 Å². The van der Waals surface area contributed by atoms with Crippen LogP contribution in [0.5, 0.6) is 0 Å². The van der Waals surface area contributed by atoms with Gasteiger partial charge in [0, 0.05) is 17.6 Å². The lowest BCUT2D eigenvalue weighted by Crippen LogP contribution is -2.13. The van der Waals surface area contributed by atoms with Crippen molar-refractivity contribution < 1.29 is 4.39 Å². The first-order chi connectivity index (χ1) is 9.19. The number of halogens is 2. The molecule has 96 valence electrons. The zero-order valence-electron chi connectivity index (χ0n) is 10.2. The maximum absolute atomic E-state index is 13.1. The van der Waals surface area contributed by atoms with Gasteiger partial charge in [-0.15, -0.1) is 0 Å². The van der Waals surface area contributed by atoms with Gasteiger partial charge in [0.25, 0.3) is 0 Å². The molecule has 0 bridgehead atoms. The molecule has 0 amide bonds. The molecule has 0 radical (unpaired) electrons. The third-order valence-corrected chi connectivity index (χ3v) is 3.51. The molecule has 0 saturated carbocycles. The average molecular weight is 319 g/mol. The molecule has 2 nitrogen and oxygen atoms in total. The predicted octanol–water partition coefficient (Wildman–Crippen LogP) is 3.75. The Morgan fingerprint density at radius 3 is 2.53 bits per heavy atom. The second-order valence-corrected chi connectivity index (χ2v) is 5.00. The second-order valence-electron chi connectivity index (χ2n) is 4.15. The third kappa shape index (κ3) is 3.88. The quantitative estimate of drug-likeness (QED) is 0.932. The van der Waals surface area contributed by atoms with E-state index in [0.717, 1.165) is 15.6 Å². The SMILES string of the molecule is N#Cc1ccc(CNCc2cc(F)ccc2Br)cc1. The maximum atomic E-state index is 13.1. The molecule has 1 N–H and O–H groups in total. The summed E-state index contributed by atoms with van der Waals surface area (Å²) in [5, 5.41) is 11.9. The number of hydrogen-bond donors (Lipinski definition) is 1. The first-order valence-corrected chi connectivity index (χ1v) is 6.62. The van der Waals surface area contributed by atoms with E-state index in [1.54, 1.807) is 18.2 Å². The van der Waals surface area contributed by atoms with E-state index in [1.807, 2.05) is 12.1 Å². The molecule has 0 unspecified atom stereocenters. The van der Waals surface area contributed by atoms with Crippen LogP contribution < -0.4 is 5.32 Å². The lowest BCUT2D eigenvalue weighted by Gasteiger charge is -2.07. The van der Waals surface area contributed by atoms with Crippen LogP contribution in [0.3, 0.4) is 0 Å². The van der Waals surface area contributed by atoms with Crippen molar-refractivity contribution in [2.24, 2.45) is 0 Å². The van der Waals surface area contributed by atoms with E-state index in [1.165, 1.54) is 12.1 Å². The molecule has 4 heteroatoms. The van der Waals surface area contributed by atoms with Gasteiger partial charge in [0.2, 0.25) is 0 Å². The van der Waals surface area contributed by atoms with Crippen LogP contribution in [0.2, 0.25) is 0 Å². The average Bonchev–Trinajstić information content (AvgIpc) is 2.43. The summed E-state index contributed by atoms with van der Waals surface area (Å²) in [6, 6.07) is 14.1. The van der Waals surface area contributed by atoms with Crippen molar-refractivity contribution in [2.45, 2.75) is 13.1 Å². The molecule has 0 aromatic heterocycles. The molecule has 0 fully saturated rings. The number of benzene rings is 2. The number of rotatable bonds is 4. The number of hydrogen-bond acceptors (Lipinski definition) is 2. The summed E-state index contributed by atoms with van der Waals surface area (Å²) < 4.78 is 14.0. The van der Waals surface area contributed by atoms with Gasteiger partial charge in [-0.25, -0.2) is 4.39 Å². The second kappa shape index (κ2) is 6.46. The largest absolute Gasteiger partial charge is 0.309 e. The molecule has 0 heterocycles. The van der Waals surface area contributed by atoms with Crippen molar-refractivity contribution in [1.29, 1.82) is 5.26 Å². The lowest BCUT2D eigenvalue weighted by molar-refractivity contribution is 0.619. The molecule has 2 aromatic rings. The minimum absolute atomic E-state index is 0.238. The van der Waals surface area contributed by atoms with Gasteiger partial charge >= 0.3 is 0 Å². The van der Waals surface area contributed by atoms with Gasteiger partial charge in [0.15, 0.2) is 0 Å². The Balaban J connectivity index is 1.92. The van der Waals surface area contributed by atoms with Gasteiger partial charge in [-0.1, -0.05) is 28.1 Å². The molecule has 19 heavy (non-hydrogen) atoms. The van der Waals surface area contributed by atoms with Crippen molar-refractivity contribution in [2.75, 3.05) is 0 Å². The van der Waals surface area contributed by atoms with Crippen LogP contribution in [0, 0.1) is 17.1 Å². The number of nitrogens with zero attached hydrogens (tertiary/aromatic N) is 1. The van der Waals surface area contributed by atoms with Crippen LogP contribution in [0.15, 0.2) is 46.9 Å². The fourth-order valence-electron chi connectivity index (χ4n) is 1.72.